The van der Waals surface area contributed by atoms with Gasteiger partial charge in [0.15, 0.2) is 0 Å². The molecule has 0 radical (unpaired) electrons. The molecule has 0 N–H and O–H groups in total. The molecular formula is C21H25NO6S. The molecule has 8 heteroatoms. The van der Waals surface area contributed by atoms with E-state index < -0.39 is 33.4 Å². The van der Waals surface area contributed by atoms with Crippen molar-refractivity contribution in [2.45, 2.75) is 56.9 Å². The molecule has 1 aliphatic carbocycles. The molecule has 3 rings (SSSR count). The molecule has 0 bridgehead atoms. The predicted molar refractivity (Wildman–Crippen MR) is 105 cm³/mol. The lowest BCUT2D eigenvalue weighted by Gasteiger charge is -2.29. The average Bonchev–Trinajstić information content (AvgIpc) is 2.96. The third-order valence-corrected chi connectivity index (χ3v) is 7.40. The minimum atomic E-state index is -4.18. The number of nitrogens with zero attached hydrogens (tertiary/aromatic N) is 1. The number of Topliss-reactive ketones (excluding diaryl/α,β-unsaturated/α-hetero) is 1. The van der Waals surface area contributed by atoms with E-state index in [9.17, 15) is 22.8 Å². The lowest BCUT2D eigenvalue weighted by molar-refractivity contribution is -0.144. The fourth-order valence-electron chi connectivity index (χ4n) is 4.06. The van der Waals surface area contributed by atoms with E-state index in [2.05, 4.69) is 0 Å². The molecule has 1 aliphatic heterocycles. The Balaban J connectivity index is 2.04. The van der Waals surface area contributed by atoms with Crippen molar-refractivity contribution in [1.29, 1.82) is 0 Å². The second kappa shape index (κ2) is 8.10. The van der Waals surface area contributed by atoms with Crippen molar-refractivity contribution in [2.75, 3.05) is 6.61 Å². The number of ketones is 1. The van der Waals surface area contributed by atoms with Crippen molar-refractivity contribution in [2.24, 2.45) is 5.41 Å². The van der Waals surface area contributed by atoms with Crippen LogP contribution >= 0.6 is 0 Å². The van der Waals surface area contributed by atoms with E-state index in [0.717, 1.165) is 15.9 Å². The zero-order valence-electron chi connectivity index (χ0n) is 16.6. The van der Waals surface area contributed by atoms with E-state index in [-0.39, 0.29) is 30.1 Å². The summed E-state index contributed by atoms with van der Waals surface area (Å²) in [6.45, 7) is 3.67. The van der Waals surface area contributed by atoms with Crippen LogP contribution in [0.25, 0.3) is 0 Å². The number of aryl methyl sites for hydroxylation is 1. The van der Waals surface area contributed by atoms with Crippen LogP contribution in [0.2, 0.25) is 0 Å². The largest absolute Gasteiger partial charge is 0.463 e. The summed E-state index contributed by atoms with van der Waals surface area (Å²) >= 11 is 0. The Bertz CT molecular complexity index is 950. The first-order chi connectivity index (χ1) is 13.7. The lowest BCUT2D eigenvalue weighted by Crippen LogP contribution is -2.45. The van der Waals surface area contributed by atoms with Gasteiger partial charge >= 0.3 is 5.97 Å². The van der Waals surface area contributed by atoms with Crippen LogP contribution in [0.5, 0.6) is 0 Å². The zero-order valence-corrected chi connectivity index (χ0v) is 17.4. The van der Waals surface area contributed by atoms with Gasteiger partial charge in [-0.25, -0.2) is 17.5 Å². The first-order valence-electron chi connectivity index (χ1n) is 9.76. The minimum absolute atomic E-state index is 0.0220. The number of sulfonamides is 1. The maximum Gasteiger partial charge on any atom is 0.330 e. The molecule has 0 aromatic heterocycles. The number of benzene rings is 1. The SMILES string of the molecule is CCOC(=O)/C=C/[C@H]1C[C@]2(CCCCC2=O)C(=O)N1S(=O)(=O)c1ccc(C)cc1. The summed E-state index contributed by atoms with van der Waals surface area (Å²) in [5, 5.41) is 0. The molecule has 1 saturated carbocycles. The highest BCUT2D eigenvalue weighted by molar-refractivity contribution is 7.89. The number of rotatable bonds is 5. The van der Waals surface area contributed by atoms with E-state index in [4.69, 9.17) is 4.74 Å². The van der Waals surface area contributed by atoms with E-state index in [1.807, 2.05) is 6.92 Å². The van der Waals surface area contributed by atoms with Crippen molar-refractivity contribution in [3.8, 4) is 0 Å². The van der Waals surface area contributed by atoms with Gasteiger partial charge in [0.05, 0.1) is 17.5 Å². The Kier molecular flexibility index (Phi) is 5.93. The van der Waals surface area contributed by atoms with Gasteiger partial charge in [-0.05, 0) is 45.2 Å². The molecule has 1 spiro atoms. The third kappa shape index (κ3) is 3.85. The minimum Gasteiger partial charge on any atom is -0.463 e. The Labute approximate surface area is 170 Å². The van der Waals surface area contributed by atoms with Crippen molar-refractivity contribution < 1.29 is 27.5 Å². The van der Waals surface area contributed by atoms with Crippen LogP contribution in [0.15, 0.2) is 41.3 Å². The fraction of sp³-hybridized carbons (Fsp3) is 0.476. The molecule has 1 aromatic rings. The maximum atomic E-state index is 13.3. The summed E-state index contributed by atoms with van der Waals surface area (Å²) in [6.07, 6.45) is 4.51. The Morgan fingerprint density at radius 3 is 2.55 bits per heavy atom. The first kappa shape index (κ1) is 21.2. The van der Waals surface area contributed by atoms with Gasteiger partial charge in [-0.2, -0.15) is 0 Å². The highest BCUT2D eigenvalue weighted by Gasteiger charge is 2.59. The van der Waals surface area contributed by atoms with Crippen LogP contribution in [0, 0.1) is 12.3 Å². The van der Waals surface area contributed by atoms with Gasteiger partial charge in [0.2, 0.25) is 0 Å². The summed E-state index contributed by atoms with van der Waals surface area (Å²) in [5.41, 5.74) is -0.450. The number of carbonyl (C=O) groups excluding carboxylic acids is 3. The van der Waals surface area contributed by atoms with Gasteiger partial charge in [0.1, 0.15) is 11.2 Å². The van der Waals surface area contributed by atoms with Crippen LogP contribution in [-0.4, -0.2) is 43.0 Å². The van der Waals surface area contributed by atoms with Gasteiger partial charge in [-0.3, -0.25) is 9.59 Å². The first-order valence-corrected chi connectivity index (χ1v) is 11.2. The van der Waals surface area contributed by atoms with Crippen LogP contribution < -0.4 is 0 Å². The van der Waals surface area contributed by atoms with Crippen LogP contribution in [0.1, 0.15) is 44.6 Å². The van der Waals surface area contributed by atoms with Crippen molar-refractivity contribution in [1.82, 2.24) is 4.31 Å². The molecule has 1 saturated heterocycles. The molecule has 2 aliphatic rings. The average molecular weight is 419 g/mol. The van der Waals surface area contributed by atoms with Gasteiger partial charge in [-0.15, -0.1) is 0 Å². The smallest absolute Gasteiger partial charge is 0.330 e. The molecule has 2 fully saturated rings. The molecule has 2 atom stereocenters. The monoisotopic (exact) mass is 419 g/mol. The van der Waals surface area contributed by atoms with Crippen molar-refractivity contribution in [3.05, 3.63) is 42.0 Å². The predicted octanol–water partition coefficient (Wildman–Crippen LogP) is 2.53. The Hall–Kier alpha value is -2.48. The van der Waals surface area contributed by atoms with E-state index in [1.54, 1.807) is 19.1 Å². The summed E-state index contributed by atoms with van der Waals surface area (Å²) < 4.78 is 32.3. The van der Waals surface area contributed by atoms with Gasteiger partial charge in [0, 0.05) is 12.5 Å². The lowest BCUT2D eigenvalue weighted by atomic mass is 9.71. The molecule has 1 aromatic carbocycles. The topological polar surface area (TPSA) is 97.8 Å². The van der Waals surface area contributed by atoms with Crippen LogP contribution in [0.3, 0.4) is 0 Å². The van der Waals surface area contributed by atoms with Gasteiger partial charge in [-0.1, -0.05) is 30.2 Å². The van der Waals surface area contributed by atoms with Gasteiger partial charge < -0.3 is 4.74 Å². The number of hydrogen-bond acceptors (Lipinski definition) is 6. The molecule has 1 amide bonds. The molecule has 7 nitrogen and oxygen atoms in total. The second-order valence-electron chi connectivity index (χ2n) is 7.51. The molecule has 156 valence electrons. The maximum absolute atomic E-state index is 13.3. The molecule has 0 unspecified atom stereocenters. The summed E-state index contributed by atoms with van der Waals surface area (Å²) in [7, 11) is -4.18. The highest BCUT2D eigenvalue weighted by Crippen LogP contribution is 2.47. The van der Waals surface area contributed by atoms with Crippen molar-refractivity contribution >= 4 is 27.7 Å². The van der Waals surface area contributed by atoms with E-state index in [0.29, 0.717) is 19.3 Å². The number of amides is 1. The quantitative estimate of drug-likeness (QED) is 0.413. The summed E-state index contributed by atoms with van der Waals surface area (Å²) in [6, 6.07) is 5.27. The molecular weight excluding hydrogens is 394 g/mol. The fourth-order valence-corrected chi connectivity index (χ4v) is 5.66. The number of esters is 1. The highest BCUT2D eigenvalue weighted by atomic mass is 32.2. The zero-order chi connectivity index (χ0) is 21.2. The standard InChI is InChI=1S/C21H25NO6S/c1-3-28-19(24)12-9-16-14-21(13-5-4-6-18(21)23)20(25)22(16)29(26,27)17-10-7-15(2)8-11-17/h7-12,16H,3-6,13-14H2,1-2H3/b12-9+/t16-,21-/m0/s1. The third-order valence-electron chi connectivity index (χ3n) is 5.58. The van der Waals surface area contributed by atoms with Crippen molar-refractivity contribution in [3.63, 3.8) is 0 Å². The van der Waals surface area contributed by atoms with Gasteiger partial charge in [0.25, 0.3) is 15.9 Å². The van der Waals surface area contributed by atoms with Crippen LogP contribution in [0.4, 0.5) is 0 Å². The second-order valence-corrected chi connectivity index (χ2v) is 9.33. The number of carbonyl (C=O) groups is 3. The summed E-state index contributed by atoms with van der Waals surface area (Å²) in [4.78, 5) is 37.8. The van der Waals surface area contributed by atoms with Crippen LogP contribution in [-0.2, 0) is 29.1 Å². The van der Waals surface area contributed by atoms with E-state index >= 15 is 0 Å². The normalized spacial score (nSPS) is 25.2. The number of ether oxygens (including phenoxy) is 1. The summed E-state index contributed by atoms with van der Waals surface area (Å²) in [5.74, 6) is -1.53. The Morgan fingerprint density at radius 1 is 1.24 bits per heavy atom. The number of hydrogen-bond donors (Lipinski definition) is 0. The molecule has 1 heterocycles. The molecule has 29 heavy (non-hydrogen) atoms. The van der Waals surface area contributed by atoms with E-state index in [1.165, 1.54) is 18.2 Å². The Morgan fingerprint density at radius 2 is 1.93 bits per heavy atom.